The zero-order valence-electron chi connectivity index (χ0n) is 10.9. The Bertz CT molecular complexity index is 628. The van der Waals surface area contributed by atoms with Crippen molar-refractivity contribution in [2.75, 3.05) is 11.9 Å². The van der Waals surface area contributed by atoms with E-state index in [-0.39, 0.29) is 11.9 Å². The third-order valence-electron chi connectivity index (χ3n) is 3.47. The molecule has 0 saturated carbocycles. The van der Waals surface area contributed by atoms with Gasteiger partial charge in [0.25, 0.3) is 0 Å². The lowest BCUT2D eigenvalue weighted by atomic mass is 10.1. The average molecular weight is 331 g/mol. The summed E-state index contributed by atoms with van der Waals surface area (Å²) in [5, 5.41) is 6.24. The van der Waals surface area contributed by atoms with E-state index in [1.54, 1.807) is 0 Å². The first-order valence-corrected chi connectivity index (χ1v) is 7.41. The van der Waals surface area contributed by atoms with Gasteiger partial charge in [-0.05, 0) is 24.1 Å². The molecule has 2 N–H and O–H groups in total. The van der Waals surface area contributed by atoms with E-state index in [0.717, 1.165) is 28.7 Å². The number of anilines is 1. The molecule has 1 atom stereocenters. The Morgan fingerprint density at radius 2 is 1.90 bits per heavy atom. The van der Waals surface area contributed by atoms with Crippen molar-refractivity contribution >= 4 is 27.5 Å². The second kappa shape index (κ2) is 5.77. The average Bonchev–Trinajstić information content (AvgIpc) is 2.78. The lowest BCUT2D eigenvalue weighted by Crippen LogP contribution is -2.29. The maximum absolute atomic E-state index is 12.0. The number of hydrogen-bond donors (Lipinski definition) is 2. The first-order chi connectivity index (χ1) is 9.75. The molecule has 0 aromatic heterocycles. The lowest BCUT2D eigenvalue weighted by Gasteiger charge is -2.12. The van der Waals surface area contributed by atoms with E-state index in [1.807, 2.05) is 36.4 Å². The Kier molecular flexibility index (Phi) is 3.85. The van der Waals surface area contributed by atoms with Crippen LogP contribution in [0.5, 0.6) is 0 Å². The van der Waals surface area contributed by atoms with E-state index in [1.165, 1.54) is 5.56 Å². The van der Waals surface area contributed by atoms with Gasteiger partial charge in [0, 0.05) is 22.3 Å². The van der Waals surface area contributed by atoms with Crippen molar-refractivity contribution in [1.82, 2.24) is 5.32 Å². The Morgan fingerprint density at radius 1 is 1.10 bits per heavy atom. The van der Waals surface area contributed by atoms with Gasteiger partial charge in [-0.1, -0.05) is 52.3 Å². The Balaban J connectivity index is 1.68. The van der Waals surface area contributed by atoms with Crippen LogP contribution in [0.2, 0.25) is 0 Å². The Labute approximate surface area is 126 Å². The van der Waals surface area contributed by atoms with E-state index < -0.39 is 0 Å². The minimum absolute atomic E-state index is 0.0139. The highest BCUT2D eigenvalue weighted by Crippen LogP contribution is 2.36. The van der Waals surface area contributed by atoms with E-state index in [9.17, 15) is 4.79 Å². The van der Waals surface area contributed by atoms with Crippen molar-refractivity contribution in [3.63, 3.8) is 0 Å². The van der Waals surface area contributed by atoms with Crippen molar-refractivity contribution in [2.24, 2.45) is 0 Å². The molecule has 1 aliphatic heterocycles. The zero-order chi connectivity index (χ0) is 13.9. The largest absolute Gasteiger partial charge is 0.324 e. The number of carbonyl (C=O) groups is 1. The Morgan fingerprint density at radius 3 is 2.70 bits per heavy atom. The first kappa shape index (κ1) is 13.3. The zero-order valence-corrected chi connectivity index (χ0v) is 12.5. The minimum atomic E-state index is -0.274. The fraction of sp³-hybridized carbons (Fsp3) is 0.188. The third kappa shape index (κ3) is 2.62. The van der Waals surface area contributed by atoms with Crippen molar-refractivity contribution in [3.8, 4) is 0 Å². The van der Waals surface area contributed by atoms with Gasteiger partial charge in [0.15, 0.2) is 0 Å². The molecular weight excluding hydrogens is 316 g/mol. The Hall–Kier alpha value is -1.65. The third-order valence-corrected chi connectivity index (χ3v) is 4.16. The molecule has 3 rings (SSSR count). The maximum Gasteiger partial charge on any atom is 0.246 e. The fourth-order valence-corrected chi connectivity index (χ4v) is 3.07. The van der Waals surface area contributed by atoms with Gasteiger partial charge in [-0.2, -0.15) is 0 Å². The monoisotopic (exact) mass is 330 g/mol. The smallest absolute Gasteiger partial charge is 0.246 e. The predicted octanol–water partition coefficient (Wildman–Crippen LogP) is 3.27. The van der Waals surface area contributed by atoms with E-state index >= 15 is 0 Å². The predicted molar refractivity (Wildman–Crippen MR) is 83.7 cm³/mol. The first-order valence-electron chi connectivity index (χ1n) is 6.62. The number of carbonyl (C=O) groups excluding carboxylic acids is 1. The van der Waals surface area contributed by atoms with E-state index in [2.05, 4.69) is 38.7 Å². The van der Waals surface area contributed by atoms with Crippen LogP contribution >= 0.6 is 15.9 Å². The molecule has 2 aromatic rings. The number of nitrogens with one attached hydrogen (secondary N) is 2. The molecule has 1 unspecified atom stereocenters. The molecule has 2 aromatic carbocycles. The van der Waals surface area contributed by atoms with Crippen molar-refractivity contribution in [3.05, 3.63) is 64.1 Å². The van der Waals surface area contributed by atoms with Crippen LogP contribution in [0.1, 0.15) is 17.2 Å². The quantitative estimate of drug-likeness (QED) is 0.903. The fourth-order valence-electron chi connectivity index (χ4n) is 2.48. The van der Waals surface area contributed by atoms with Crippen LogP contribution in [0, 0.1) is 0 Å². The summed E-state index contributed by atoms with van der Waals surface area (Å²) < 4.78 is 0.963. The van der Waals surface area contributed by atoms with Gasteiger partial charge >= 0.3 is 0 Å². The summed E-state index contributed by atoms with van der Waals surface area (Å²) in [5.41, 5.74) is 3.16. The van der Waals surface area contributed by atoms with Crippen LogP contribution in [0.4, 0.5) is 5.69 Å². The highest BCUT2D eigenvalue weighted by Gasteiger charge is 2.31. The number of rotatable bonds is 4. The molecule has 0 spiro atoms. The molecule has 4 heteroatoms. The lowest BCUT2D eigenvalue weighted by molar-refractivity contribution is -0.117. The molecule has 0 saturated heterocycles. The second-order valence-corrected chi connectivity index (χ2v) is 5.67. The van der Waals surface area contributed by atoms with Gasteiger partial charge < -0.3 is 10.6 Å². The molecule has 1 heterocycles. The molecular formula is C16H15BrN2O. The highest BCUT2D eigenvalue weighted by molar-refractivity contribution is 9.10. The molecule has 0 radical (unpaired) electrons. The van der Waals surface area contributed by atoms with Crippen molar-refractivity contribution in [1.29, 1.82) is 0 Å². The van der Waals surface area contributed by atoms with Gasteiger partial charge in [-0.25, -0.2) is 0 Å². The highest BCUT2D eigenvalue weighted by atomic mass is 79.9. The number of benzene rings is 2. The molecule has 102 valence electrons. The van der Waals surface area contributed by atoms with Crippen LogP contribution in [0.15, 0.2) is 53.0 Å². The molecule has 20 heavy (non-hydrogen) atoms. The number of halogens is 1. The van der Waals surface area contributed by atoms with E-state index in [0.29, 0.717) is 0 Å². The standard InChI is InChI=1S/C16H15BrN2O/c17-12-7-4-8-13-14(12)15(16(20)19-13)18-10-9-11-5-2-1-3-6-11/h1-8,15,18H,9-10H2,(H,19,20). The van der Waals surface area contributed by atoms with Gasteiger partial charge in [0.1, 0.15) is 6.04 Å². The molecule has 1 aliphatic rings. The number of fused-ring (bicyclic) bond motifs is 1. The number of hydrogen-bond acceptors (Lipinski definition) is 2. The van der Waals surface area contributed by atoms with Crippen LogP contribution < -0.4 is 10.6 Å². The summed E-state index contributed by atoms with van der Waals surface area (Å²) in [7, 11) is 0. The van der Waals surface area contributed by atoms with Crippen LogP contribution in [0.3, 0.4) is 0 Å². The SMILES string of the molecule is O=C1Nc2cccc(Br)c2C1NCCc1ccccc1. The van der Waals surface area contributed by atoms with Gasteiger partial charge in [0.05, 0.1) is 0 Å². The minimum Gasteiger partial charge on any atom is -0.324 e. The molecule has 0 aliphatic carbocycles. The summed E-state index contributed by atoms with van der Waals surface area (Å²) in [6.45, 7) is 0.767. The van der Waals surface area contributed by atoms with E-state index in [4.69, 9.17) is 0 Å². The summed E-state index contributed by atoms with van der Waals surface area (Å²) >= 11 is 3.52. The second-order valence-electron chi connectivity index (χ2n) is 4.81. The maximum atomic E-state index is 12.0. The van der Waals surface area contributed by atoms with Gasteiger partial charge in [-0.15, -0.1) is 0 Å². The topological polar surface area (TPSA) is 41.1 Å². The van der Waals surface area contributed by atoms with Crippen LogP contribution in [0.25, 0.3) is 0 Å². The summed E-state index contributed by atoms with van der Waals surface area (Å²) in [6, 6.07) is 15.8. The van der Waals surface area contributed by atoms with Gasteiger partial charge in [0.2, 0.25) is 5.91 Å². The van der Waals surface area contributed by atoms with Crippen molar-refractivity contribution in [2.45, 2.75) is 12.5 Å². The molecule has 0 bridgehead atoms. The van der Waals surface area contributed by atoms with Crippen LogP contribution in [-0.2, 0) is 11.2 Å². The normalized spacial score (nSPS) is 16.9. The number of amides is 1. The summed E-state index contributed by atoms with van der Waals surface area (Å²) in [4.78, 5) is 12.0. The summed E-state index contributed by atoms with van der Waals surface area (Å²) in [5.74, 6) is 0.0139. The molecule has 1 amide bonds. The van der Waals surface area contributed by atoms with Crippen LogP contribution in [-0.4, -0.2) is 12.5 Å². The summed E-state index contributed by atoms with van der Waals surface area (Å²) in [6.07, 6.45) is 0.907. The van der Waals surface area contributed by atoms with Gasteiger partial charge in [-0.3, -0.25) is 4.79 Å². The van der Waals surface area contributed by atoms with Crippen molar-refractivity contribution < 1.29 is 4.79 Å². The molecule has 0 fully saturated rings. The molecule has 3 nitrogen and oxygen atoms in total.